The first-order chi connectivity index (χ1) is 7.13. The van der Waals surface area contributed by atoms with E-state index < -0.39 is 0 Å². The Morgan fingerprint density at radius 2 is 2.13 bits per heavy atom. The van der Waals surface area contributed by atoms with Crippen molar-refractivity contribution in [1.29, 1.82) is 0 Å². The minimum absolute atomic E-state index is 0.173. The van der Waals surface area contributed by atoms with Gasteiger partial charge in [-0.15, -0.1) is 11.3 Å². The summed E-state index contributed by atoms with van der Waals surface area (Å²) in [6.45, 7) is 5.80. The molecule has 0 aliphatic rings. The van der Waals surface area contributed by atoms with Crippen molar-refractivity contribution in [3.63, 3.8) is 0 Å². The summed E-state index contributed by atoms with van der Waals surface area (Å²) >= 11 is 1.71. The van der Waals surface area contributed by atoms with Gasteiger partial charge in [0.15, 0.2) is 5.78 Å². The van der Waals surface area contributed by atoms with E-state index in [-0.39, 0.29) is 5.78 Å². The minimum Gasteiger partial charge on any atom is -0.294 e. The lowest BCUT2D eigenvalue weighted by Crippen LogP contribution is -1.92. The normalized spacial score (nSPS) is 10.9. The molecule has 2 rings (SSSR count). The summed E-state index contributed by atoms with van der Waals surface area (Å²) in [5.41, 5.74) is 2.20. The van der Waals surface area contributed by atoms with Crippen molar-refractivity contribution in [3.05, 3.63) is 34.2 Å². The molecule has 0 N–H and O–H groups in total. The van der Waals surface area contributed by atoms with Crippen LogP contribution in [-0.4, -0.2) is 5.78 Å². The van der Waals surface area contributed by atoms with Gasteiger partial charge >= 0.3 is 0 Å². The molecule has 0 bridgehead atoms. The number of hydrogen-bond acceptors (Lipinski definition) is 2. The van der Waals surface area contributed by atoms with Gasteiger partial charge in [0.25, 0.3) is 0 Å². The largest absolute Gasteiger partial charge is 0.294 e. The number of carbonyl (C=O) groups excluding carboxylic acids is 1. The van der Waals surface area contributed by atoms with Crippen LogP contribution in [0.25, 0.3) is 10.1 Å². The molecule has 2 heteroatoms. The number of fused-ring (bicyclic) bond motifs is 1. The summed E-state index contributed by atoms with van der Waals surface area (Å²) in [6.07, 6.45) is 1.02. The Bertz CT molecular complexity index is 523. The lowest BCUT2D eigenvalue weighted by Gasteiger charge is -1.98. The van der Waals surface area contributed by atoms with Gasteiger partial charge in [-0.1, -0.05) is 13.0 Å². The Morgan fingerprint density at radius 1 is 1.40 bits per heavy atom. The van der Waals surface area contributed by atoms with Crippen LogP contribution in [0.3, 0.4) is 0 Å². The zero-order chi connectivity index (χ0) is 11.0. The van der Waals surface area contributed by atoms with E-state index in [0.717, 1.165) is 22.2 Å². The first kappa shape index (κ1) is 10.4. The van der Waals surface area contributed by atoms with Crippen molar-refractivity contribution in [2.45, 2.75) is 27.2 Å². The van der Waals surface area contributed by atoms with Gasteiger partial charge < -0.3 is 0 Å². The summed E-state index contributed by atoms with van der Waals surface area (Å²) in [5, 5.41) is 1.13. The number of carbonyl (C=O) groups is 1. The van der Waals surface area contributed by atoms with Crippen LogP contribution in [-0.2, 0) is 6.42 Å². The highest BCUT2D eigenvalue weighted by atomic mass is 32.1. The van der Waals surface area contributed by atoms with Crippen LogP contribution >= 0.6 is 11.3 Å². The van der Waals surface area contributed by atoms with Crippen LogP contribution in [0.5, 0.6) is 0 Å². The average molecular weight is 218 g/mol. The molecule has 0 saturated heterocycles. The Labute approximate surface area is 93.7 Å². The zero-order valence-electron chi connectivity index (χ0n) is 9.26. The maximum absolute atomic E-state index is 11.5. The maximum Gasteiger partial charge on any atom is 0.161 e. The van der Waals surface area contributed by atoms with Crippen LogP contribution < -0.4 is 0 Å². The van der Waals surface area contributed by atoms with E-state index in [2.05, 4.69) is 25.1 Å². The van der Waals surface area contributed by atoms with Gasteiger partial charge in [-0.2, -0.15) is 0 Å². The highest BCUT2D eigenvalue weighted by Gasteiger charge is 2.12. The number of ketones is 1. The van der Waals surface area contributed by atoms with Crippen molar-refractivity contribution in [1.82, 2.24) is 0 Å². The summed E-state index contributed by atoms with van der Waals surface area (Å²) in [5.74, 6) is 0.173. The fourth-order valence-electron chi connectivity index (χ4n) is 1.92. The van der Waals surface area contributed by atoms with E-state index in [1.54, 1.807) is 18.3 Å². The second kappa shape index (κ2) is 3.78. The topological polar surface area (TPSA) is 17.1 Å². The predicted molar refractivity (Wildman–Crippen MR) is 65.9 cm³/mol. The van der Waals surface area contributed by atoms with Crippen LogP contribution in [0.1, 0.15) is 34.6 Å². The second-order valence-corrected chi connectivity index (χ2v) is 5.03. The number of benzene rings is 1. The third-order valence-electron chi connectivity index (χ3n) is 2.69. The standard InChI is InChI=1S/C13H14OS/c1-4-10-5-6-12-11(7-10)13(8(2)14)9(3)15-12/h5-7H,4H2,1-3H3. The lowest BCUT2D eigenvalue weighted by molar-refractivity contribution is 0.101. The number of aryl methyl sites for hydroxylation is 2. The van der Waals surface area contributed by atoms with Gasteiger partial charge in [-0.25, -0.2) is 0 Å². The molecule has 78 valence electrons. The van der Waals surface area contributed by atoms with E-state index in [9.17, 15) is 4.79 Å². The molecule has 0 aliphatic heterocycles. The molecule has 1 aromatic heterocycles. The van der Waals surface area contributed by atoms with E-state index in [0.29, 0.717) is 0 Å². The molecular formula is C13H14OS. The third-order valence-corrected chi connectivity index (χ3v) is 3.77. The van der Waals surface area contributed by atoms with Crippen LogP contribution in [0.2, 0.25) is 0 Å². The summed E-state index contributed by atoms with van der Waals surface area (Å²) < 4.78 is 1.22. The molecule has 0 saturated carbocycles. The molecule has 0 amide bonds. The van der Waals surface area contributed by atoms with E-state index >= 15 is 0 Å². The first-order valence-corrected chi connectivity index (χ1v) is 5.98. The molecule has 1 nitrogen and oxygen atoms in total. The number of hydrogen-bond donors (Lipinski definition) is 0. The molecule has 1 heterocycles. The highest BCUT2D eigenvalue weighted by molar-refractivity contribution is 7.19. The van der Waals surface area contributed by atoms with Crippen LogP contribution in [0, 0.1) is 6.92 Å². The smallest absolute Gasteiger partial charge is 0.161 e. The van der Waals surface area contributed by atoms with E-state index in [1.807, 2.05) is 6.92 Å². The monoisotopic (exact) mass is 218 g/mol. The molecule has 15 heavy (non-hydrogen) atoms. The fraction of sp³-hybridized carbons (Fsp3) is 0.308. The molecule has 0 spiro atoms. The van der Waals surface area contributed by atoms with Gasteiger partial charge in [-0.3, -0.25) is 4.79 Å². The second-order valence-electron chi connectivity index (χ2n) is 3.77. The third kappa shape index (κ3) is 1.70. The van der Waals surface area contributed by atoms with Gasteiger partial charge in [0.05, 0.1) is 0 Å². The number of Topliss-reactive ketones (excluding diaryl/α,β-unsaturated/α-hetero) is 1. The fourth-order valence-corrected chi connectivity index (χ4v) is 3.02. The Balaban J connectivity index is 2.77. The van der Waals surface area contributed by atoms with E-state index in [1.165, 1.54) is 10.3 Å². The molecule has 0 fully saturated rings. The summed E-state index contributed by atoms with van der Waals surface area (Å²) in [6, 6.07) is 6.41. The molecule has 0 atom stereocenters. The molecule has 1 aromatic carbocycles. The van der Waals surface area contributed by atoms with Gasteiger partial charge in [0.1, 0.15) is 0 Å². The van der Waals surface area contributed by atoms with E-state index in [4.69, 9.17) is 0 Å². The van der Waals surface area contributed by atoms with Crippen molar-refractivity contribution < 1.29 is 4.79 Å². The molecular weight excluding hydrogens is 204 g/mol. The number of rotatable bonds is 2. The molecule has 0 radical (unpaired) electrons. The quantitative estimate of drug-likeness (QED) is 0.697. The van der Waals surface area contributed by atoms with Gasteiger partial charge in [0, 0.05) is 20.5 Å². The number of thiophene rings is 1. The molecule has 0 aliphatic carbocycles. The van der Waals surface area contributed by atoms with Gasteiger partial charge in [0.2, 0.25) is 0 Å². The Kier molecular flexibility index (Phi) is 2.61. The van der Waals surface area contributed by atoms with Crippen molar-refractivity contribution in [2.75, 3.05) is 0 Å². The van der Waals surface area contributed by atoms with Crippen molar-refractivity contribution in [2.24, 2.45) is 0 Å². The minimum atomic E-state index is 0.173. The highest BCUT2D eigenvalue weighted by Crippen LogP contribution is 2.31. The van der Waals surface area contributed by atoms with Crippen molar-refractivity contribution in [3.8, 4) is 0 Å². The SMILES string of the molecule is CCc1ccc2sc(C)c(C(C)=O)c2c1. The van der Waals surface area contributed by atoms with Crippen LogP contribution in [0.15, 0.2) is 18.2 Å². The predicted octanol–water partition coefficient (Wildman–Crippen LogP) is 3.97. The zero-order valence-corrected chi connectivity index (χ0v) is 10.1. The van der Waals surface area contributed by atoms with Crippen molar-refractivity contribution >= 4 is 27.2 Å². The Morgan fingerprint density at radius 3 is 2.73 bits per heavy atom. The molecule has 2 aromatic rings. The van der Waals surface area contributed by atoms with Crippen LogP contribution in [0.4, 0.5) is 0 Å². The molecule has 0 unspecified atom stereocenters. The summed E-state index contributed by atoms with van der Waals surface area (Å²) in [7, 11) is 0. The lowest BCUT2D eigenvalue weighted by atomic mass is 10.0. The average Bonchev–Trinajstić information content (AvgIpc) is 2.52. The summed E-state index contributed by atoms with van der Waals surface area (Å²) in [4.78, 5) is 12.7. The first-order valence-electron chi connectivity index (χ1n) is 5.16. The van der Waals surface area contributed by atoms with Gasteiger partial charge in [-0.05, 0) is 38.0 Å². The maximum atomic E-state index is 11.5. The Hall–Kier alpha value is -1.15.